The zero-order valence-electron chi connectivity index (χ0n) is 13.5. The first-order valence-corrected chi connectivity index (χ1v) is 8.18. The van der Waals surface area contributed by atoms with Crippen molar-refractivity contribution in [2.75, 3.05) is 20.2 Å². The minimum atomic E-state index is -0.249. The monoisotopic (exact) mass is 303 g/mol. The molecule has 0 radical (unpaired) electrons. The number of hydrogen-bond donors (Lipinski definition) is 1. The standard InChI is InChI=1S/C18H25NO3/c1-13-11-14(6-7-15(13)22-2)17(21)19-10-4-9-18(12-19)8-3-5-16(18)20/h6-7,11,16,20H,3-5,8-10,12H2,1-2H3/t16-,18+/m1/s1. The SMILES string of the molecule is COc1ccc(C(=O)N2CCC[C@@]3(CCC[C@H]3O)C2)cc1C. The first-order valence-electron chi connectivity index (χ1n) is 8.18. The molecule has 4 nitrogen and oxygen atoms in total. The Bertz CT molecular complexity index is 571. The van der Waals surface area contributed by atoms with Crippen molar-refractivity contribution in [1.29, 1.82) is 0 Å². The lowest BCUT2D eigenvalue weighted by molar-refractivity contribution is -0.00536. The maximum Gasteiger partial charge on any atom is 0.253 e. The van der Waals surface area contributed by atoms with Gasteiger partial charge in [-0.1, -0.05) is 6.42 Å². The van der Waals surface area contributed by atoms with Crippen molar-refractivity contribution in [3.05, 3.63) is 29.3 Å². The first-order chi connectivity index (χ1) is 10.6. The van der Waals surface area contributed by atoms with Gasteiger partial charge in [-0.05, 0) is 56.4 Å². The third-order valence-electron chi connectivity index (χ3n) is 5.40. The summed E-state index contributed by atoms with van der Waals surface area (Å²) in [6.07, 6.45) is 4.77. The molecule has 2 aliphatic rings. The van der Waals surface area contributed by atoms with Crippen LogP contribution in [0.3, 0.4) is 0 Å². The van der Waals surface area contributed by atoms with Crippen molar-refractivity contribution >= 4 is 5.91 Å². The molecule has 0 unspecified atom stereocenters. The molecular formula is C18H25NO3. The minimum absolute atomic E-state index is 0.0601. The molecule has 1 saturated heterocycles. The number of ether oxygens (including phenoxy) is 1. The lowest BCUT2D eigenvalue weighted by Crippen LogP contribution is -2.49. The number of carbonyl (C=O) groups is 1. The van der Waals surface area contributed by atoms with Gasteiger partial charge in [0.15, 0.2) is 0 Å². The fourth-order valence-electron chi connectivity index (χ4n) is 4.12. The van der Waals surface area contributed by atoms with Crippen LogP contribution >= 0.6 is 0 Å². The van der Waals surface area contributed by atoms with Gasteiger partial charge >= 0.3 is 0 Å². The summed E-state index contributed by atoms with van der Waals surface area (Å²) in [6, 6.07) is 5.58. The molecule has 0 aromatic heterocycles. The number of nitrogens with zero attached hydrogens (tertiary/aromatic N) is 1. The molecule has 2 fully saturated rings. The number of hydrogen-bond acceptors (Lipinski definition) is 3. The van der Waals surface area contributed by atoms with Gasteiger partial charge in [-0.2, -0.15) is 0 Å². The summed E-state index contributed by atoms with van der Waals surface area (Å²) in [7, 11) is 1.64. The highest BCUT2D eigenvalue weighted by Crippen LogP contribution is 2.45. The van der Waals surface area contributed by atoms with Gasteiger partial charge in [0.05, 0.1) is 13.2 Å². The Morgan fingerprint density at radius 2 is 2.14 bits per heavy atom. The molecular weight excluding hydrogens is 278 g/mol. The molecule has 1 aliphatic heterocycles. The number of rotatable bonds is 2. The Morgan fingerprint density at radius 3 is 2.77 bits per heavy atom. The quantitative estimate of drug-likeness (QED) is 0.914. The predicted molar refractivity (Wildman–Crippen MR) is 85.2 cm³/mol. The van der Waals surface area contributed by atoms with Crippen molar-refractivity contribution in [1.82, 2.24) is 4.90 Å². The molecule has 1 spiro atoms. The third-order valence-corrected chi connectivity index (χ3v) is 5.40. The lowest BCUT2D eigenvalue weighted by atomic mass is 9.76. The van der Waals surface area contributed by atoms with Gasteiger partial charge in [0.2, 0.25) is 0 Å². The van der Waals surface area contributed by atoms with E-state index in [1.54, 1.807) is 7.11 Å². The highest BCUT2D eigenvalue weighted by molar-refractivity contribution is 5.94. The largest absolute Gasteiger partial charge is 0.496 e. The summed E-state index contributed by atoms with van der Waals surface area (Å²) >= 11 is 0. The zero-order chi connectivity index (χ0) is 15.7. The summed E-state index contributed by atoms with van der Waals surface area (Å²) in [5.74, 6) is 0.877. The third kappa shape index (κ3) is 2.60. The predicted octanol–water partition coefficient (Wildman–Crippen LogP) is 2.77. The molecule has 1 aliphatic carbocycles. The summed E-state index contributed by atoms with van der Waals surface area (Å²) in [6.45, 7) is 3.44. The van der Waals surface area contributed by atoms with Crippen molar-refractivity contribution in [3.63, 3.8) is 0 Å². The highest BCUT2D eigenvalue weighted by Gasteiger charge is 2.45. The maximum absolute atomic E-state index is 12.8. The van der Waals surface area contributed by atoms with E-state index < -0.39 is 0 Å². The molecule has 1 amide bonds. The Morgan fingerprint density at radius 1 is 1.36 bits per heavy atom. The van der Waals surface area contributed by atoms with Gasteiger partial charge in [-0.15, -0.1) is 0 Å². The second kappa shape index (κ2) is 5.92. The number of methoxy groups -OCH3 is 1. The summed E-state index contributed by atoms with van der Waals surface area (Å²) in [4.78, 5) is 14.7. The number of aliphatic hydroxyl groups is 1. The van der Waals surface area contributed by atoms with Crippen LogP contribution in [-0.4, -0.2) is 42.2 Å². The number of benzene rings is 1. The molecule has 1 saturated carbocycles. The maximum atomic E-state index is 12.8. The average molecular weight is 303 g/mol. The van der Waals surface area contributed by atoms with Gasteiger partial charge in [0.1, 0.15) is 5.75 Å². The number of amides is 1. The van der Waals surface area contributed by atoms with Crippen molar-refractivity contribution in [2.24, 2.45) is 5.41 Å². The Hall–Kier alpha value is -1.55. The zero-order valence-corrected chi connectivity index (χ0v) is 13.5. The summed E-state index contributed by atoms with van der Waals surface area (Å²) in [5, 5.41) is 10.3. The molecule has 1 aromatic carbocycles. The molecule has 1 aromatic rings. The smallest absolute Gasteiger partial charge is 0.253 e. The average Bonchev–Trinajstić information content (AvgIpc) is 2.87. The Labute approximate surface area is 132 Å². The van der Waals surface area contributed by atoms with E-state index in [0.717, 1.165) is 50.0 Å². The van der Waals surface area contributed by atoms with Crippen LogP contribution in [0.1, 0.15) is 48.0 Å². The van der Waals surface area contributed by atoms with Crippen LogP contribution in [0.4, 0.5) is 0 Å². The van der Waals surface area contributed by atoms with Gasteiger partial charge in [-0.25, -0.2) is 0 Å². The molecule has 3 rings (SSSR count). The number of piperidine rings is 1. The van der Waals surface area contributed by atoms with Crippen LogP contribution in [0.5, 0.6) is 5.75 Å². The van der Waals surface area contributed by atoms with Crippen molar-refractivity contribution < 1.29 is 14.6 Å². The summed E-state index contributed by atoms with van der Waals surface area (Å²) < 4.78 is 5.26. The molecule has 22 heavy (non-hydrogen) atoms. The van der Waals surface area contributed by atoms with Crippen LogP contribution in [-0.2, 0) is 0 Å². The second-order valence-corrected chi connectivity index (χ2v) is 6.79. The molecule has 1 heterocycles. The second-order valence-electron chi connectivity index (χ2n) is 6.79. The van der Waals surface area contributed by atoms with Gasteiger partial charge in [0.25, 0.3) is 5.91 Å². The van der Waals surface area contributed by atoms with Gasteiger partial charge in [0, 0.05) is 24.1 Å². The van der Waals surface area contributed by atoms with Crippen molar-refractivity contribution in [3.8, 4) is 5.75 Å². The molecule has 0 bridgehead atoms. The van der Waals surface area contributed by atoms with E-state index in [1.165, 1.54) is 0 Å². The van der Waals surface area contributed by atoms with E-state index in [9.17, 15) is 9.90 Å². The Kier molecular flexibility index (Phi) is 4.13. The Balaban J connectivity index is 1.78. The van der Waals surface area contributed by atoms with Crippen LogP contribution < -0.4 is 4.74 Å². The van der Waals surface area contributed by atoms with E-state index in [4.69, 9.17) is 4.74 Å². The van der Waals surface area contributed by atoms with E-state index in [2.05, 4.69) is 0 Å². The normalized spacial score (nSPS) is 28.1. The van der Waals surface area contributed by atoms with E-state index in [1.807, 2.05) is 30.0 Å². The lowest BCUT2D eigenvalue weighted by Gasteiger charge is -2.42. The van der Waals surface area contributed by atoms with E-state index in [-0.39, 0.29) is 17.4 Å². The van der Waals surface area contributed by atoms with E-state index >= 15 is 0 Å². The fraction of sp³-hybridized carbons (Fsp3) is 0.611. The minimum Gasteiger partial charge on any atom is -0.496 e. The molecule has 120 valence electrons. The highest BCUT2D eigenvalue weighted by atomic mass is 16.5. The van der Waals surface area contributed by atoms with E-state index in [0.29, 0.717) is 12.1 Å². The van der Waals surface area contributed by atoms with Crippen LogP contribution in [0, 0.1) is 12.3 Å². The first kappa shape index (κ1) is 15.3. The topological polar surface area (TPSA) is 49.8 Å². The van der Waals surface area contributed by atoms with Crippen molar-refractivity contribution in [2.45, 2.75) is 45.1 Å². The fourth-order valence-corrected chi connectivity index (χ4v) is 4.12. The molecule has 4 heteroatoms. The van der Waals surface area contributed by atoms with Gasteiger partial charge < -0.3 is 14.7 Å². The molecule has 2 atom stereocenters. The van der Waals surface area contributed by atoms with Gasteiger partial charge in [-0.3, -0.25) is 4.79 Å². The molecule has 1 N–H and O–H groups in total. The summed E-state index contributed by atoms with van der Waals surface area (Å²) in [5.41, 5.74) is 1.62. The number of aliphatic hydroxyl groups excluding tert-OH is 1. The number of likely N-dealkylation sites (tertiary alicyclic amines) is 1. The van der Waals surface area contributed by atoms with Crippen LogP contribution in [0.2, 0.25) is 0 Å². The number of carbonyl (C=O) groups excluding carboxylic acids is 1. The van der Waals surface area contributed by atoms with Crippen LogP contribution in [0.25, 0.3) is 0 Å². The number of aryl methyl sites for hydroxylation is 1. The van der Waals surface area contributed by atoms with Crippen LogP contribution in [0.15, 0.2) is 18.2 Å².